The van der Waals surface area contributed by atoms with Crippen LogP contribution < -0.4 is 14.8 Å². The number of carbonyl (C=O) groups is 2. The Hall–Kier alpha value is -3.02. The second-order valence-electron chi connectivity index (χ2n) is 8.91. The molecule has 1 fully saturated rings. The van der Waals surface area contributed by atoms with Gasteiger partial charge in [0.15, 0.2) is 11.5 Å². The van der Waals surface area contributed by atoms with E-state index in [0.29, 0.717) is 30.2 Å². The molecule has 0 bridgehead atoms. The number of hydrogen-bond donors (Lipinski definition) is 1. The van der Waals surface area contributed by atoms with Crippen LogP contribution in [-0.4, -0.2) is 36.5 Å². The smallest absolute Gasteiger partial charge is 0.255 e. The molecule has 0 spiro atoms. The molecule has 0 unspecified atom stereocenters. The van der Waals surface area contributed by atoms with Crippen LogP contribution in [0.25, 0.3) is 0 Å². The van der Waals surface area contributed by atoms with Gasteiger partial charge in [0.25, 0.3) is 5.91 Å². The van der Waals surface area contributed by atoms with E-state index in [-0.39, 0.29) is 30.3 Å². The molecular weight excluding hydrogens is 416 g/mol. The molecule has 0 radical (unpaired) electrons. The largest absolute Gasteiger partial charge is 0.493 e. The maximum Gasteiger partial charge on any atom is 0.255 e. The fraction of sp³-hybridized carbons (Fsp3) is 0.481. The summed E-state index contributed by atoms with van der Waals surface area (Å²) in [6.07, 6.45) is 7.06. The van der Waals surface area contributed by atoms with Gasteiger partial charge in [0.1, 0.15) is 0 Å². The van der Waals surface area contributed by atoms with E-state index in [0.717, 1.165) is 36.8 Å². The van der Waals surface area contributed by atoms with Crippen molar-refractivity contribution in [2.75, 3.05) is 13.7 Å². The summed E-state index contributed by atoms with van der Waals surface area (Å²) in [5.74, 6) is 1.21. The first-order valence-corrected chi connectivity index (χ1v) is 12.1. The number of nitrogens with one attached hydrogen (secondary N) is 1. The Morgan fingerprint density at radius 1 is 1.09 bits per heavy atom. The van der Waals surface area contributed by atoms with Crippen molar-refractivity contribution >= 4 is 11.8 Å². The Kier molecular flexibility index (Phi) is 7.53. The van der Waals surface area contributed by atoms with Crippen molar-refractivity contribution in [3.8, 4) is 11.5 Å². The lowest BCUT2D eigenvalue weighted by atomic mass is 10.00. The Morgan fingerprint density at radius 2 is 1.85 bits per heavy atom. The number of amides is 2. The third-order valence-electron chi connectivity index (χ3n) is 6.70. The summed E-state index contributed by atoms with van der Waals surface area (Å²) in [7, 11) is 1.60. The van der Waals surface area contributed by atoms with E-state index in [1.54, 1.807) is 7.11 Å². The molecule has 2 amide bonds. The summed E-state index contributed by atoms with van der Waals surface area (Å²) < 4.78 is 11.2. The monoisotopic (exact) mass is 450 g/mol. The van der Waals surface area contributed by atoms with E-state index in [1.807, 2.05) is 54.3 Å². The first kappa shape index (κ1) is 23.1. The average molecular weight is 451 g/mol. The number of nitrogens with zero attached hydrogens (tertiary/aromatic N) is 1. The van der Waals surface area contributed by atoms with E-state index in [1.165, 1.54) is 12.8 Å². The first-order valence-electron chi connectivity index (χ1n) is 12.1. The molecule has 2 aromatic carbocycles. The third-order valence-corrected chi connectivity index (χ3v) is 6.70. The van der Waals surface area contributed by atoms with Crippen LogP contribution >= 0.6 is 0 Å². The molecule has 0 aromatic heterocycles. The topological polar surface area (TPSA) is 67.9 Å². The van der Waals surface area contributed by atoms with Gasteiger partial charge in [0.2, 0.25) is 5.91 Å². The second kappa shape index (κ2) is 10.7. The molecule has 1 aliphatic heterocycles. The van der Waals surface area contributed by atoms with Crippen LogP contribution in [0.5, 0.6) is 11.5 Å². The van der Waals surface area contributed by atoms with Gasteiger partial charge in [-0.1, -0.05) is 49.9 Å². The average Bonchev–Trinajstić information content (AvgIpc) is 2.98. The van der Waals surface area contributed by atoms with Gasteiger partial charge in [-0.15, -0.1) is 0 Å². The summed E-state index contributed by atoms with van der Waals surface area (Å²) in [5, 5.41) is 3.25. The summed E-state index contributed by atoms with van der Waals surface area (Å²) in [5.41, 5.74) is 2.58. The molecule has 6 nitrogen and oxygen atoms in total. The first-order chi connectivity index (χ1) is 16.1. The highest BCUT2D eigenvalue weighted by atomic mass is 16.5. The van der Waals surface area contributed by atoms with Crippen molar-refractivity contribution in [3.63, 3.8) is 0 Å². The van der Waals surface area contributed by atoms with E-state index < -0.39 is 0 Å². The maximum atomic E-state index is 13.3. The van der Waals surface area contributed by atoms with Gasteiger partial charge < -0.3 is 19.7 Å². The van der Waals surface area contributed by atoms with Gasteiger partial charge in [-0.05, 0) is 49.1 Å². The Morgan fingerprint density at radius 3 is 2.55 bits per heavy atom. The number of ether oxygens (including phenoxy) is 2. The Bertz CT molecular complexity index is 982. The summed E-state index contributed by atoms with van der Waals surface area (Å²) >= 11 is 0. The summed E-state index contributed by atoms with van der Waals surface area (Å²) in [6, 6.07) is 13.2. The molecule has 4 rings (SSSR count). The lowest BCUT2D eigenvalue weighted by Gasteiger charge is -2.29. The summed E-state index contributed by atoms with van der Waals surface area (Å²) in [4.78, 5) is 28.3. The minimum absolute atomic E-state index is 0.0106. The molecule has 176 valence electrons. The standard InChI is InChI=1S/C27H34N2O4/c1-3-33-24-15-14-19(16-25(24)32-2)23(17-26(30)28-21-11-6-4-5-7-12-21)29-18-20-10-8-9-13-22(20)27(29)31/h8-10,13-16,21,23H,3-7,11-12,17-18H2,1-2H3,(H,28,30)/t23-/m0/s1. The fourth-order valence-electron chi connectivity index (χ4n) is 4.99. The van der Waals surface area contributed by atoms with Gasteiger partial charge in [-0.25, -0.2) is 0 Å². The quantitative estimate of drug-likeness (QED) is 0.574. The predicted molar refractivity (Wildman–Crippen MR) is 127 cm³/mol. The molecule has 0 saturated heterocycles. The van der Waals surface area contributed by atoms with Gasteiger partial charge in [-0.3, -0.25) is 9.59 Å². The number of carbonyl (C=O) groups excluding carboxylic acids is 2. The zero-order chi connectivity index (χ0) is 23.2. The number of methoxy groups -OCH3 is 1. The van der Waals surface area contributed by atoms with Crippen LogP contribution in [0.1, 0.15) is 79.4 Å². The van der Waals surface area contributed by atoms with Gasteiger partial charge in [-0.2, -0.15) is 0 Å². The molecule has 1 aliphatic carbocycles. The van der Waals surface area contributed by atoms with Crippen molar-refractivity contribution < 1.29 is 19.1 Å². The van der Waals surface area contributed by atoms with E-state index >= 15 is 0 Å². The van der Waals surface area contributed by atoms with Crippen molar-refractivity contribution in [3.05, 3.63) is 59.2 Å². The van der Waals surface area contributed by atoms with Crippen molar-refractivity contribution in [1.82, 2.24) is 10.2 Å². The van der Waals surface area contributed by atoms with Gasteiger partial charge in [0.05, 0.1) is 26.2 Å². The molecule has 1 atom stereocenters. The SMILES string of the molecule is CCOc1ccc([C@H](CC(=O)NC2CCCCCC2)N2Cc3ccccc3C2=O)cc1OC. The lowest BCUT2D eigenvalue weighted by Crippen LogP contribution is -2.38. The van der Waals surface area contributed by atoms with Gasteiger partial charge in [0, 0.05) is 18.2 Å². The molecule has 1 N–H and O–H groups in total. The van der Waals surface area contributed by atoms with E-state index in [9.17, 15) is 9.59 Å². The number of hydrogen-bond acceptors (Lipinski definition) is 4. The summed E-state index contributed by atoms with van der Waals surface area (Å²) in [6.45, 7) is 2.95. The van der Waals surface area contributed by atoms with Crippen LogP contribution in [0.4, 0.5) is 0 Å². The number of rotatable bonds is 8. The van der Waals surface area contributed by atoms with Crippen LogP contribution in [0, 0.1) is 0 Å². The number of fused-ring (bicyclic) bond motifs is 1. The highest BCUT2D eigenvalue weighted by Crippen LogP contribution is 2.37. The number of benzene rings is 2. The molecule has 2 aliphatic rings. The molecule has 6 heteroatoms. The van der Waals surface area contributed by atoms with E-state index in [2.05, 4.69) is 5.32 Å². The highest BCUT2D eigenvalue weighted by Gasteiger charge is 2.35. The van der Waals surface area contributed by atoms with Gasteiger partial charge >= 0.3 is 0 Å². The normalized spacial score (nSPS) is 17.3. The molecule has 1 saturated carbocycles. The Labute approximate surface area is 196 Å². The minimum atomic E-state index is -0.389. The Balaban J connectivity index is 1.60. The van der Waals surface area contributed by atoms with Crippen LogP contribution in [0.2, 0.25) is 0 Å². The molecular formula is C27H34N2O4. The van der Waals surface area contributed by atoms with E-state index in [4.69, 9.17) is 9.47 Å². The van der Waals surface area contributed by atoms with Crippen LogP contribution in [-0.2, 0) is 11.3 Å². The zero-order valence-electron chi connectivity index (χ0n) is 19.6. The van der Waals surface area contributed by atoms with Crippen molar-refractivity contribution in [1.29, 1.82) is 0 Å². The van der Waals surface area contributed by atoms with Crippen molar-refractivity contribution in [2.45, 2.75) is 70.5 Å². The predicted octanol–water partition coefficient (Wildman–Crippen LogP) is 5.02. The molecule has 1 heterocycles. The molecule has 2 aromatic rings. The minimum Gasteiger partial charge on any atom is -0.493 e. The highest BCUT2D eigenvalue weighted by molar-refractivity contribution is 5.98. The maximum absolute atomic E-state index is 13.3. The second-order valence-corrected chi connectivity index (χ2v) is 8.91. The third kappa shape index (κ3) is 5.32. The molecule has 33 heavy (non-hydrogen) atoms. The lowest BCUT2D eigenvalue weighted by molar-refractivity contribution is -0.123. The zero-order valence-corrected chi connectivity index (χ0v) is 19.6. The van der Waals surface area contributed by atoms with Crippen LogP contribution in [0.3, 0.4) is 0 Å². The van der Waals surface area contributed by atoms with Crippen LogP contribution in [0.15, 0.2) is 42.5 Å². The fourth-order valence-corrected chi connectivity index (χ4v) is 4.99. The van der Waals surface area contributed by atoms with Crippen molar-refractivity contribution in [2.24, 2.45) is 0 Å².